The summed E-state index contributed by atoms with van der Waals surface area (Å²) in [5, 5.41) is -1.60. The highest BCUT2D eigenvalue weighted by Crippen LogP contribution is 2.70. The first-order chi connectivity index (χ1) is 19.4. The summed E-state index contributed by atoms with van der Waals surface area (Å²) in [6.07, 6.45) is 4.94. The Bertz CT molecular complexity index is 1540. The van der Waals surface area contributed by atoms with Crippen molar-refractivity contribution in [1.82, 2.24) is 0 Å². The van der Waals surface area contributed by atoms with Crippen molar-refractivity contribution in [2.24, 2.45) is 0 Å². The van der Waals surface area contributed by atoms with E-state index in [9.17, 15) is 14.3 Å². The zero-order valence-electron chi connectivity index (χ0n) is 23.5. The van der Waals surface area contributed by atoms with Gasteiger partial charge in [-0.3, -0.25) is 9.36 Å². The molecule has 4 aromatic carbocycles. The molecule has 0 aliphatic rings. The maximum Gasteiger partial charge on any atom is 0.347 e. The normalized spacial score (nSPS) is 14.5. The lowest BCUT2D eigenvalue weighted by atomic mass is 9.84. The Hall–Kier alpha value is -3.66. The predicted molar refractivity (Wildman–Crippen MR) is 163 cm³/mol. The number of rotatable bonds is 10. The Labute approximate surface area is 241 Å². The minimum Gasteiger partial charge on any atom is -0.340 e. The second-order valence-electron chi connectivity index (χ2n) is 11.2. The molecule has 6 heteroatoms. The zero-order valence-corrected chi connectivity index (χ0v) is 24.4. The van der Waals surface area contributed by atoms with Crippen LogP contribution in [0.25, 0.3) is 6.08 Å². The van der Waals surface area contributed by atoms with Crippen LogP contribution in [0, 0.1) is 0 Å². The van der Waals surface area contributed by atoms with Crippen molar-refractivity contribution in [3.8, 4) is 0 Å². The molecule has 0 amide bonds. The highest BCUT2D eigenvalue weighted by atomic mass is 31.2. The van der Waals surface area contributed by atoms with Crippen LogP contribution < -0.4 is 0 Å². The van der Waals surface area contributed by atoms with Crippen molar-refractivity contribution in [3.63, 3.8) is 0 Å². The van der Waals surface area contributed by atoms with Crippen LogP contribution in [0.2, 0.25) is 0 Å². The quantitative estimate of drug-likeness (QED) is 0.152. The average Bonchev–Trinajstić information content (AvgIpc) is 2.97. The summed E-state index contributed by atoms with van der Waals surface area (Å²) in [5.41, 5.74) is -2.37. The second kappa shape index (κ2) is 12.5. The van der Waals surface area contributed by atoms with Crippen molar-refractivity contribution in [2.75, 3.05) is 0 Å². The van der Waals surface area contributed by atoms with Crippen LogP contribution >= 0.6 is 7.37 Å². The Morgan fingerprint density at radius 1 is 0.829 bits per heavy atom. The molecular formula is C35H35F2O3P. The van der Waals surface area contributed by atoms with Crippen molar-refractivity contribution in [3.05, 3.63) is 149 Å². The molecule has 2 unspecified atom stereocenters. The molecule has 4 rings (SSSR count). The van der Waals surface area contributed by atoms with Crippen molar-refractivity contribution < 1.29 is 23.0 Å². The van der Waals surface area contributed by atoms with E-state index in [0.29, 0.717) is 12.0 Å². The van der Waals surface area contributed by atoms with Gasteiger partial charge in [-0.05, 0) is 35.4 Å². The summed E-state index contributed by atoms with van der Waals surface area (Å²) in [4.78, 5) is 24.7. The van der Waals surface area contributed by atoms with Crippen LogP contribution in [0.3, 0.4) is 0 Å². The molecular weight excluding hydrogens is 537 g/mol. The third-order valence-corrected chi connectivity index (χ3v) is 10.1. The van der Waals surface area contributed by atoms with E-state index < -0.39 is 29.5 Å². The fraction of sp³-hybridized carbons (Fsp3) is 0.229. The number of alkyl halides is 2. The lowest BCUT2D eigenvalue weighted by molar-refractivity contribution is 0.0679. The van der Waals surface area contributed by atoms with Gasteiger partial charge in [0.15, 0.2) is 5.78 Å². The molecule has 0 aliphatic heterocycles. The average molecular weight is 573 g/mol. The van der Waals surface area contributed by atoms with Gasteiger partial charge < -0.3 is 4.89 Å². The van der Waals surface area contributed by atoms with E-state index in [4.69, 9.17) is 0 Å². The maximum atomic E-state index is 16.1. The molecule has 0 saturated carbocycles. The van der Waals surface area contributed by atoms with Crippen molar-refractivity contribution in [1.29, 1.82) is 0 Å². The van der Waals surface area contributed by atoms with Crippen LogP contribution in [-0.2, 0) is 16.6 Å². The minimum absolute atomic E-state index is 0.133. The molecule has 3 nitrogen and oxygen atoms in total. The number of carbonyl (C=O) groups excluding carboxylic acids is 1. The standard InChI is InChI=1S/C35H35F2O3P/c1-34(2,3)41(39,40)35(36,37)31-24-14-23-30(32(31)33(38)28-20-11-6-12-21-28)25-29(27-18-9-5-10-19-27)22-13-17-26-15-7-4-8-16-26/h4-21,23-24,29H,22,25H2,1-3H3,(H,39,40)/b17-13+. The summed E-state index contributed by atoms with van der Waals surface area (Å²) in [6.45, 7) is 3.94. The highest BCUT2D eigenvalue weighted by molar-refractivity contribution is 7.60. The van der Waals surface area contributed by atoms with Gasteiger partial charge >= 0.3 is 5.66 Å². The van der Waals surface area contributed by atoms with E-state index in [1.807, 2.05) is 72.8 Å². The third-order valence-electron chi connectivity index (χ3n) is 7.30. The molecule has 0 bridgehead atoms. The van der Waals surface area contributed by atoms with Gasteiger partial charge in [0.25, 0.3) is 7.37 Å². The van der Waals surface area contributed by atoms with Gasteiger partial charge in [-0.1, -0.05) is 142 Å². The topological polar surface area (TPSA) is 54.4 Å². The SMILES string of the molecule is CC(C)(C)P(=O)(O)C(F)(F)c1cccc(CC(C/C=C/c2ccccc2)c2ccccc2)c1C(=O)c1ccccc1. The zero-order chi connectivity index (χ0) is 29.7. The monoisotopic (exact) mass is 572 g/mol. The minimum atomic E-state index is -5.12. The largest absolute Gasteiger partial charge is 0.347 e. The summed E-state index contributed by atoms with van der Waals surface area (Å²) in [5.74, 6) is -0.734. The molecule has 0 aromatic heterocycles. The number of ketones is 1. The molecule has 4 aromatic rings. The molecule has 0 aliphatic carbocycles. The van der Waals surface area contributed by atoms with Crippen molar-refractivity contribution in [2.45, 2.75) is 50.4 Å². The van der Waals surface area contributed by atoms with Crippen LogP contribution in [0.15, 0.2) is 115 Å². The van der Waals surface area contributed by atoms with E-state index in [-0.39, 0.29) is 23.5 Å². The van der Waals surface area contributed by atoms with Crippen LogP contribution in [0.5, 0.6) is 0 Å². The molecule has 0 heterocycles. The molecule has 2 atom stereocenters. The number of halogens is 2. The molecule has 41 heavy (non-hydrogen) atoms. The predicted octanol–water partition coefficient (Wildman–Crippen LogP) is 9.47. The lowest BCUT2D eigenvalue weighted by Crippen LogP contribution is -2.29. The first-order valence-corrected chi connectivity index (χ1v) is 15.3. The number of allylic oxidation sites excluding steroid dienone is 1. The fourth-order valence-corrected chi connectivity index (χ4v) is 6.22. The van der Waals surface area contributed by atoms with Gasteiger partial charge in [0.1, 0.15) is 0 Å². The molecule has 0 saturated heterocycles. The van der Waals surface area contributed by atoms with Crippen molar-refractivity contribution >= 4 is 19.2 Å². The van der Waals surface area contributed by atoms with Gasteiger partial charge in [0, 0.05) is 21.8 Å². The van der Waals surface area contributed by atoms with Crippen LogP contribution in [0.4, 0.5) is 8.78 Å². The molecule has 0 radical (unpaired) electrons. The summed E-state index contributed by atoms with van der Waals surface area (Å²) in [7, 11) is -5.12. The van der Waals surface area contributed by atoms with E-state index in [1.165, 1.54) is 26.8 Å². The second-order valence-corrected chi connectivity index (χ2v) is 14.2. The summed E-state index contributed by atoms with van der Waals surface area (Å²) >= 11 is 0. The fourth-order valence-electron chi connectivity index (χ4n) is 4.87. The van der Waals surface area contributed by atoms with Gasteiger partial charge in [-0.15, -0.1) is 0 Å². The van der Waals surface area contributed by atoms with E-state index in [2.05, 4.69) is 0 Å². The summed E-state index contributed by atoms with van der Waals surface area (Å²) in [6, 6.07) is 32.0. The first kappa shape index (κ1) is 30.3. The smallest absolute Gasteiger partial charge is 0.340 e. The van der Waals surface area contributed by atoms with Crippen LogP contribution in [-0.4, -0.2) is 15.8 Å². The molecule has 0 fully saturated rings. The highest BCUT2D eigenvalue weighted by Gasteiger charge is 2.58. The summed E-state index contributed by atoms with van der Waals surface area (Å²) < 4.78 is 45.5. The van der Waals surface area contributed by atoms with Gasteiger partial charge in [0.05, 0.1) is 0 Å². The number of hydrogen-bond acceptors (Lipinski definition) is 2. The van der Waals surface area contributed by atoms with Crippen LogP contribution in [0.1, 0.15) is 71.3 Å². The van der Waals surface area contributed by atoms with Gasteiger partial charge in [-0.25, -0.2) is 0 Å². The van der Waals surface area contributed by atoms with E-state index in [1.54, 1.807) is 36.4 Å². The van der Waals surface area contributed by atoms with E-state index in [0.717, 1.165) is 17.2 Å². The maximum absolute atomic E-state index is 16.1. The first-order valence-electron chi connectivity index (χ1n) is 13.6. The molecule has 212 valence electrons. The van der Waals surface area contributed by atoms with E-state index >= 15 is 8.78 Å². The molecule has 1 N–H and O–H groups in total. The number of hydrogen-bond donors (Lipinski definition) is 1. The number of carbonyl (C=O) groups is 1. The van der Waals surface area contributed by atoms with Gasteiger partial charge in [0.2, 0.25) is 0 Å². The molecule has 0 spiro atoms. The lowest BCUT2D eigenvalue weighted by Gasteiger charge is -2.34. The Balaban J connectivity index is 1.84. The Morgan fingerprint density at radius 2 is 1.39 bits per heavy atom. The number of benzene rings is 4. The Morgan fingerprint density at radius 3 is 1.98 bits per heavy atom. The van der Waals surface area contributed by atoms with Gasteiger partial charge in [-0.2, -0.15) is 8.78 Å². The third kappa shape index (κ3) is 6.64. The Kier molecular flexibility index (Phi) is 9.21.